The Morgan fingerprint density at radius 3 is 2.28 bits per heavy atom. The van der Waals surface area contributed by atoms with E-state index >= 15 is 0 Å². The van der Waals surface area contributed by atoms with Crippen LogP contribution in [0.2, 0.25) is 0 Å². The van der Waals surface area contributed by atoms with Gasteiger partial charge in [-0.1, -0.05) is 54.6 Å². The summed E-state index contributed by atoms with van der Waals surface area (Å²) in [6.07, 6.45) is 0. The second kappa shape index (κ2) is 8.69. The van der Waals surface area contributed by atoms with Gasteiger partial charge in [0.2, 0.25) is 0 Å². The molecule has 29 heavy (non-hydrogen) atoms. The summed E-state index contributed by atoms with van der Waals surface area (Å²) < 4.78 is 11.2. The maximum atomic E-state index is 5.60. The van der Waals surface area contributed by atoms with Crippen molar-refractivity contribution < 1.29 is 9.47 Å². The fourth-order valence-electron chi connectivity index (χ4n) is 3.55. The number of ether oxygens (including phenoxy) is 2. The first-order valence-corrected chi connectivity index (χ1v) is 9.67. The minimum Gasteiger partial charge on any atom is -0.496 e. The van der Waals surface area contributed by atoms with Crippen LogP contribution in [0.4, 0.5) is 5.69 Å². The number of hydrogen-bond donors (Lipinski definition) is 1. The number of methoxy groups -OCH3 is 2. The van der Waals surface area contributed by atoms with Crippen LogP contribution >= 0.6 is 0 Å². The molecule has 3 aromatic carbocycles. The molecule has 3 aromatic rings. The van der Waals surface area contributed by atoms with Crippen LogP contribution in [0.3, 0.4) is 0 Å². The van der Waals surface area contributed by atoms with Gasteiger partial charge in [0.15, 0.2) is 5.96 Å². The molecule has 148 valence electrons. The number of para-hydroxylation sites is 1. The molecule has 1 aliphatic heterocycles. The molecule has 0 aliphatic carbocycles. The molecule has 1 aliphatic rings. The first-order chi connectivity index (χ1) is 14.3. The van der Waals surface area contributed by atoms with Gasteiger partial charge in [-0.15, -0.1) is 0 Å². The lowest BCUT2D eigenvalue weighted by Crippen LogP contribution is -2.41. The van der Waals surface area contributed by atoms with Gasteiger partial charge in [0.05, 0.1) is 32.0 Å². The van der Waals surface area contributed by atoms with Crippen molar-refractivity contribution in [2.24, 2.45) is 4.99 Å². The molecule has 5 nitrogen and oxygen atoms in total. The van der Waals surface area contributed by atoms with E-state index in [1.54, 1.807) is 14.2 Å². The molecule has 0 radical (unpaired) electrons. The van der Waals surface area contributed by atoms with Crippen molar-refractivity contribution in [1.29, 1.82) is 0 Å². The minimum absolute atomic E-state index is 0.627. The number of guanidine groups is 1. The van der Waals surface area contributed by atoms with Gasteiger partial charge in [0.1, 0.15) is 11.5 Å². The summed E-state index contributed by atoms with van der Waals surface area (Å²) in [4.78, 5) is 7.13. The SMILES string of the molecule is COc1cccc(OC)c1CN1Cc2ccccc2N=C1NCc1ccccc1. The number of nitrogens with zero attached hydrogens (tertiary/aromatic N) is 2. The Hall–Kier alpha value is -3.47. The highest BCUT2D eigenvalue weighted by molar-refractivity contribution is 5.85. The molecular formula is C24H25N3O2. The normalized spacial score (nSPS) is 12.8. The Balaban J connectivity index is 1.64. The van der Waals surface area contributed by atoms with E-state index in [4.69, 9.17) is 14.5 Å². The van der Waals surface area contributed by atoms with Gasteiger partial charge in [0, 0.05) is 13.1 Å². The highest BCUT2D eigenvalue weighted by atomic mass is 16.5. The maximum absolute atomic E-state index is 5.60. The van der Waals surface area contributed by atoms with E-state index < -0.39 is 0 Å². The third-order valence-electron chi connectivity index (χ3n) is 5.05. The van der Waals surface area contributed by atoms with E-state index in [0.29, 0.717) is 13.1 Å². The quantitative estimate of drug-likeness (QED) is 0.677. The van der Waals surface area contributed by atoms with Crippen molar-refractivity contribution in [1.82, 2.24) is 10.2 Å². The average Bonchev–Trinajstić information content (AvgIpc) is 2.78. The minimum atomic E-state index is 0.627. The van der Waals surface area contributed by atoms with Crippen molar-refractivity contribution in [3.8, 4) is 11.5 Å². The van der Waals surface area contributed by atoms with Gasteiger partial charge in [0.25, 0.3) is 0 Å². The number of benzene rings is 3. The highest BCUT2D eigenvalue weighted by Gasteiger charge is 2.22. The van der Waals surface area contributed by atoms with Gasteiger partial charge in [-0.3, -0.25) is 0 Å². The standard InChI is InChI=1S/C24H25N3O2/c1-28-22-13-8-14-23(29-2)20(22)17-27-16-19-11-6-7-12-21(19)26-24(27)25-15-18-9-4-3-5-10-18/h3-14H,15-17H2,1-2H3,(H,25,26). The van der Waals surface area contributed by atoms with Crippen molar-refractivity contribution in [2.45, 2.75) is 19.6 Å². The summed E-state index contributed by atoms with van der Waals surface area (Å²) in [6, 6.07) is 24.5. The lowest BCUT2D eigenvalue weighted by atomic mass is 10.1. The zero-order valence-electron chi connectivity index (χ0n) is 16.8. The fourth-order valence-corrected chi connectivity index (χ4v) is 3.55. The lowest BCUT2D eigenvalue weighted by Gasteiger charge is -2.31. The summed E-state index contributed by atoms with van der Waals surface area (Å²) in [5.41, 5.74) is 4.42. The zero-order chi connectivity index (χ0) is 20.1. The monoisotopic (exact) mass is 387 g/mol. The Labute approximate surface area is 171 Å². The number of rotatable bonds is 6. The molecule has 1 heterocycles. The number of aliphatic imine (C=N–C) groups is 1. The molecule has 5 heteroatoms. The van der Waals surface area contributed by atoms with Crippen LogP contribution in [0.1, 0.15) is 16.7 Å². The average molecular weight is 387 g/mol. The molecule has 0 aromatic heterocycles. The van der Waals surface area contributed by atoms with E-state index in [-0.39, 0.29) is 0 Å². The van der Waals surface area contributed by atoms with Crippen molar-refractivity contribution in [3.63, 3.8) is 0 Å². The Bertz CT molecular complexity index is 980. The van der Waals surface area contributed by atoms with Gasteiger partial charge in [-0.2, -0.15) is 0 Å². The molecule has 0 atom stereocenters. The molecule has 0 saturated heterocycles. The second-order valence-corrected chi connectivity index (χ2v) is 6.90. The summed E-state index contributed by atoms with van der Waals surface area (Å²) in [6.45, 7) is 2.10. The number of fused-ring (bicyclic) bond motifs is 1. The molecule has 0 amide bonds. The Morgan fingerprint density at radius 2 is 1.55 bits per heavy atom. The largest absolute Gasteiger partial charge is 0.496 e. The molecule has 0 unspecified atom stereocenters. The lowest BCUT2D eigenvalue weighted by molar-refractivity contribution is 0.343. The molecule has 0 bridgehead atoms. The number of hydrogen-bond acceptors (Lipinski definition) is 5. The number of nitrogens with one attached hydrogen (secondary N) is 1. The van der Waals surface area contributed by atoms with Crippen molar-refractivity contribution in [3.05, 3.63) is 89.5 Å². The molecule has 0 saturated carbocycles. The molecule has 4 rings (SSSR count). The topological polar surface area (TPSA) is 46.1 Å². The predicted molar refractivity (Wildman–Crippen MR) is 116 cm³/mol. The summed E-state index contributed by atoms with van der Waals surface area (Å²) in [5.74, 6) is 2.47. The maximum Gasteiger partial charge on any atom is 0.200 e. The van der Waals surface area contributed by atoms with Gasteiger partial charge >= 0.3 is 0 Å². The highest BCUT2D eigenvalue weighted by Crippen LogP contribution is 2.32. The first kappa shape index (κ1) is 18.9. The van der Waals surface area contributed by atoms with Crippen molar-refractivity contribution in [2.75, 3.05) is 14.2 Å². The van der Waals surface area contributed by atoms with Crippen LogP contribution in [0, 0.1) is 0 Å². The van der Waals surface area contributed by atoms with Crippen molar-refractivity contribution >= 4 is 11.6 Å². The predicted octanol–water partition coefficient (Wildman–Crippen LogP) is 4.50. The van der Waals surface area contributed by atoms with E-state index in [1.807, 2.05) is 42.5 Å². The van der Waals surface area contributed by atoms with Crippen LogP contribution in [0.5, 0.6) is 11.5 Å². The third kappa shape index (κ3) is 4.19. The van der Waals surface area contributed by atoms with Crippen LogP contribution in [0.15, 0.2) is 77.8 Å². The summed E-state index contributed by atoms with van der Waals surface area (Å²) in [7, 11) is 3.37. The zero-order valence-corrected chi connectivity index (χ0v) is 16.8. The summed E-state index contributed by atoms with van der Waals surface area (Å²) >= 11 is 0. The molecule has 0 fully saturated rings. The Morgan fingerprint density at radius 1 is 0.862 bits per heavy atom. The van der Waals surface area contributed by atoms with Crippen LogP contribution < -0.4 is 14.8 Å². The van der Waals surface area contributed by atoms with Crippen LogP contribution in [-0.4, -0.2) is 25.1 Å². The first-order valence-electron chi connectivity index (χ1n) is 9.67. The van der Waals surface area contributed by atoms with Gasteiger partial charge < -0.3 is 19.7 Å². The van der Waals surface area contributed by atoms with Crippen LogP contribution in [-0.2, 0) is 19.6 Å². The van der Waals surface area contributed by atoms with E-state index in [9.17, 15) is 0 Å². The fraction of sp³-hybridized carbons (Fsp3) is 0.208. The smallest absolute Gasteiger partial charge is 0.200 e. The Kier molecular flexibility index (Phi) is 5.66. The second-order valence-electron chi connectivity index (χ2n) is 6.90. The van der Waals surface area contributed by atoms with Gasteiger partial charge in [-0.05, 0) is 29.3 Å². The molecular weight excluding hydrogens is 362 g/mol. The van der Waals surface area contributed by atoms with Gasteiger partial charge in [-0.25, -0.2) is 4.99 Å². The molecule has 1 N–H and O–H groups in total. The third-order valence-corrected chi connectivity index (χ3v) is 5.05. The van der Waals surface area contributed by atoms with E-state index in [0.717, 1.165) is 35.3 Å². The van der Waals surface area contributed by atoms with E-state index in [1.165, 1.54) is 11.1 Å². The summed E-state index contributed by atoms with van der Waals surface area (Å²) in [5, 5.41) is 3.52. The molecule has 0 spiro atoms. The van der Waals surface area contributed by atoms with E-state index in [2.05, 4.69) is 40.5 Å². The van der Waals surface area contributed by atoms with Crippen LogP contribution in [0.25, 0.3) is 0 Å².